The molecule has 4 aromatic rings. The molecule has 2 atom stereocenters. The number of anilines is 1. The summed E-state index contributed by atoms with van der Waals surface area (Å²) in [6.07, 6.45) is 0. The van der Waals surface area contributed by atoms with E-state index in [1.165, 1.54) is 11.8 Å². The van der Waals surface area contributed by atoms with Crippen molar-refractivity contribution in [1.82, 2.24) is 0 Å². The third-order valence-corrected chi connectivity index (χ3v) is 7.84. The van der Waals surface area contributed by atoms with Crippen LogP contribution < -0.4 is 5.32 Å². The Morgan fingerprint density at radius 1 is 0.879 bits per heavy atom. The summed E-state index contributed by atoms with van der Waals surface area (Å²) in [5, 5.41) is 17.0. The summed E-state index contributed by atoms with van der Waals surface area (Å²) >= 11 is 1.47. The Morgan fingerprint density at radius 3 is 2.36 bits per heavy atom. The first-order valence-corrected chi connectivity index (χ1v) is 11.8. The van der Waals surface area contributed by atoms with Gasteiger partial charge in [0.2, 0.25) is 12.5 Å². The molecule has 0 aromatic heterocycles. The SMILES string of the molecule is O=C1Nc2ccccc2[C@]1(SCc1ccccc1)[C@H](C[N+](=O)[O-])c1ccc2ccccc2c1. The van der Waals surface area contributed by atoms with Gasteiger partial charge in [0.05, 0.1) is 5.92 Å². The maximum Gasteiger partial charge on any atom is 0.246 e. The van der Waals surface area contributed by atoms with Crippen LogP contribution in [0.4, 0.5) is 5.69 Å². The van der Waals surface area contributed by atoms with Crippen LogP contribution in [0.5, 0.6) is 0 Å². The second-order valence-corrected chi connectivity index (χ2v) is 9.41. The number of rotatable bonds is 7. The number of nitrogens with zero attached hydrogens (tertiary/aromatic N) is 1. The van der Waals surface area contributed by atoms with Gasteiger partial charge < -0.3 is 5.32 Å². The zero-order valence-corrected chi connectivity index (χ0v) is 18.6. The molecule has 0 aliphatic carbocycles. The quantitative estimate of drug-likeness (QED) is 0.275. The van der Waals surface area contributed by atoms with Gasteiger partial charge in [0.1, 0.15) is 4.75 Å². The lowest BCUT2D eigenvalue weighted by Crippen LogP contribution is -2.41. The summed E-state index contributed by atoms with van der Waals surface area (Å²) in [6, 6.07) is 31.3. The molecule has 6 heteroatoms. The Bertz CT molecular complexity index is 1340. The summed E-state index contributed by atoms with van der Waals surface area (Å²) < 4.78 is -1.12. The van der Waals surface area contributed by atoms with E-state index in [9.17, 15) is 14.9 Å². The molecule has 1 N–H and O–H groups in total. The lowest BCUT2D eigenvalue weighted by Gasteiger charge is -2.34. The number of fused-ring (bicyclic) bond motifs is 2. The molecule has 0 unspecified atom stereocenters. The van der Waals surface area contributed by atoms with Gasteiger partial charge in [0.15, 0.2) is 0 Å². The van der Waals surface area contributed by atoms with Crippen LogP contribution in [0.15, 0.2) is 97.1 Å². The van der Waals surface area contributed by atoms with Gasteiger partial charge in [0, 0.05) is 21.9 Å². The van der Waals surface area contributed by atoms with E-state index in [1.807, 2.05) is 97.1 Å². The minimum absolute atomic E-state index is 0.204. The second kappa shape index (κ2) is 8.71. The lowest BCUT2D eigenvalue weighted by molar-refractivity contribution is -0.484. The molecule has 0 fully saturated rings. The smallest absolute Gasteiger partial charge is 0.246 e. The standard InChI is InChI=1S/C27H22N2O3S/c30-26-27(23-12-6-7-13-25(23)28-26,33-18-19-8-2-1-3-9-19)24(17-29(31)32)22-15-14-20-10-4-5-11-21(20)16-22/h1-16,24H,17-18H2,(H,28,30)/t24-,27+/m1/s1. The number of para-hydroxylation sites is 1. The van der Waals surface area contributed by atoms with Gasteiger partial charge in [-0.05, 0) is 28.0 Å². The number of nitrogens with one attached hydrogen (secondary N) is 1. The fourth-order valence-electron chi connectivity index (χ4n) is 4.66. The number of carbonyl (C=O) groups is 1. The Morgan fingerprint density at radius 2 is 1.58 bits per heavy atom. The van der Waals surface area contributed by atoms with Crippen molar-refractivity contribution in [2.24, 2.45) is 0 Å². The zero-order valence-electron chi connectivity index (χ0n) is 17.8. The van der Waals surface area contributed by atoms with Crippen LogP contribution in [-0.4, -0.2) is 17.4 Å². The fourth-order valence-corrected chi connectivity index (χ4v) is 6.17. The van der Waals surface area contributed by atoms with E-state index in [0.717, 1.165) is 33.2 Å². The summed E-state index contributed by atoms with van der Waals surface area (Å²) in [4.78, 5) is 25.3. The molecular weight excluding hydrogens is 432 g/mol. The van der Waals surface area contributed by atoms with Gasteiger partial charge in [-0.15, -0.1) is 11.8 Å². The van der Waals surface area contributed by atoms with Crippen LogP contribution in [0.2, 0.25) is 0 Å². The monoisotopic (exact) mass is 454 g/mol. The van der Waals surface area contributed by atoms with E-state index in [2.05, 4.69) is 5.32 Å². The normalized spacial score (nSPS) is 18.0. The van der Waals surface area contributed by atoms with E-state index >= 15 is 0 Å². The van der Waals surface area contributed by atoms with Crippen LogP contribution >= 0.6 is 11.8 Å². The third kappa shape index (κ3) is 3.87. The molecule has 0 radical (unpaired) electrons. The maximum absolute atomic E-state index is 13.7. The van der Waals surface area contributed by atoms with E-state index in [1.54, 1.807) is 0 Å². The van der Waals surface area contributed by atoms with Gasteiger partial charge in [-0.3, -0.25) is 14.9 Å². The van der Waals surface area contributed by atoms with Gasteiger partial charge in [-0.1, -0.05) is 91.0 Å². The van der Waals surface area contributed by atoms with Crippen molar-refractivity contribution in [3.63, 3.8) is 0 Å². The summed E-state index contributed by atoms with van der Waals surface area (Å²) in [7, 11) is 0. The largest absolute Gasteiger partial charge is 0.324 e. The predicted octanol–water partition coefficient (Wildman–Crippen LogP) is 5.98. The number of hydrogen-bond donors (Lipinski definition) is 1. The zero-order chi connectivity index (χ0) is 22.8. The summed E-state index contributed by atoms with van der Waals surface area (Å²) in [6.45, 7) is -0.345. The molecule has 5 nitrogen and oxygen atoms in total. The number of hydrogen-bond acceptors (Lipinski definition) is 4. The number of thioether (sulfide) groups is 1. The molecule has 0 saturated carbocycles. The molecule has 0 spiro atoms. The van der Waals surface area contributed by atoms with E-state index in [-0.39, 0.29) is 17.4 Å². The first-order chi connectivity index (χ1) is 16.1. The Labute approximate surface area is 196 Å². The van der Waals surface area contributed by atoms with Gasteiger partial charge >= 0.3 is 0 Å². The average molecular weight is 455 g/mol. The Balaban J connectivity index is 1.68. The maximum atomic E-state index is 13.7. The molecular formula is C27H22N2O3S. The van der Waals surface area contributed by atoms with Crippen molar-refractivity contribution in [3.05, 3.63) is 124 Å². The van der Waals surface area contributed by atoms with Crippen LogP contribution in [-0.2, 0) is 15.3 Å². The second-order valence-electron chi connectivity index (χ2n) is 8.18. The average Bonchev–Trinajstić information content (AvgIpc) is 3.13. The number of benzene rings is 4. The minimum atomic E-state index is -1.12. The lowest BCUT2D eigenvalue weighted by atomic mass is 9.80. The van der Waals surface area contributed by atoms with Crippen molar-refractivity contribution in [1.29, 1.82) is 0 Å². The Hall–Kier alpha value is -3.64. The molecule has 5 rings (SSSR count). The number of amides is 1. The highest BCUT2D eigenvalue weighted by molar-refractivity contribution is 8.00. The minimum Gasteiger partial charge on any atom is -0.324 e. The highest BCUT2D eigenvalue weighted by atomic mass is 32.2. The topological polar surface area (TPSA) is 72.2 Å². The summed E-state index contributed by atoms with van der Waals surface area (Å²) in [5.41, 5.74) is 3.38. The molecule has 0 saturated heterocycles. The molecule has 1 aliphatic heterocycles. The van der Waals surface area contributed by atoms with Crippen LogP contribution in [0.1, 0.15) is 22.6 Å². The van der Waals surface area contributed by atoms with Crippen molar-refractivity contribution < 1.29 is 9.72 Å². The number of nitro groups is 1. The predicted molar refractivity (Wildman–Crippen MR) is 133 cm³/mol. The molecule has 1 amide bonds. The van der Waals surface area contributed by atoms with Crippen molar-refractivity contribution in [2.75, 3.05) is 11.9 Å². The fraction of sp³-hybridized carbons (Fsp3) is 0.148. The van der Waals surface area contributed by atoms with E-state index in [0.29, 0.717) is 5.75 Å². The molecule has 33 heavy (non-hydrogen) atoms. The highest BCUT2D eigenvalue weighted by Gasteiger charge is 2.55. The van der Waals surface area contributed by atoms with Crippen LogP contribution in [0, 0.1) is 10.1 Å². The molecule has 1 heterocycles. The number of carbonyl (C=O) groups excluding carboxylic acids is 1. The van der Waals surface area contributed by atoms with Gasteiger partial charge in [-0.25, -0.2) is 0 Å². The van der Waals surface area contributed by atoms with E-state index in [4.69, 9.17) is 0 Å². The molecule has 1 aliphatic rings. The van der Waals surface area contributed by atoms with Gasteiger partial charge in [-0.2, -0.15) is 0 Å². The van der Waals surface area contributed by atoms with Gasteiger partial charge in [0.25, 0.3) is 0 Å². The van der Waals surface area contributed by atoms with E-state index < -0.39 is 10.7 Å². The Kier molecular flexibility index (Phi) is 5.60. The first kappa shape index (κ1) is 21.2. The van der Waals surface area contributed by atoms with Crippen molar-refractivity contribution >= 4 is 34.1 Å². The molecule has 0 bridgehead atoms. The highest BCUT2D eigenvalue weighted by Crippen LogP contribution is 2.55. The third-order valence-electron chi connectivity index (χ3n) is 6.22. The summed E-state index contributed by atoms with van der Waals surface area (Å²) in [5.74, 6) is -0.288. The van der Waals surface area contributed by atoms with Crippen molar-refractivity contribution in [3.8, 4) is 0 Å². The molecule has 4 aromatic carbocycles. The van der Waals surface area contributed by atoms with Crippen molar-refractivity contribution in [2.45, 2.75) is 16.4 Å². The first-order valence-electron chi connectivity index (χ1n) is 10.8. The molecule has 164 valence electrons. The van der Waals surface area contributed by atoms with Crippen LogP contribution in [0.3, 0.4) is 0 Å². The van der Waals surface area contributed by atoms with Crippen LogP contribution in [0.25, 0.3) is 10.8 Å².